The lowest BCUT2D eigenvalue weighted by Crippen LogP contribution is -2.57. The lowest BCUT2D eigenvalue weighted by atomic mass is 9.90. The van der Waals surface area contributed by atoms with E-state index in [1.54, 1.807) is 27.0 Å². The molecule has 3 aromatic heterocycles. The van der Waals surface area contributed by atoms with Crippen LogP contribution in [0, 0.1) is 31.0 Å². The number of halogens is 1. The first-order valence-corrected chi connectivity index (χ1v) is 16.9. The Hall–Kier alpha value is -4.24. The Morgan fingerprint density at radius 1 is 1.09 bits per heavy atom. The monoisotopic (exact) mass is 660 g/mol. The van der Waals surface area contributed by atoms with E-state index < -0.39 is 23.1 Å². The molecule has 2 bridgehead atoms. The second kappa shape index (κ2) is 11.8. The van der Waals surface area contributed by atoms with Crippen LogP contribution in [0.3, 0.4) is 0 Å². The lowest BCUT2D eigenvalue weighted by molar-refractivity contribution is 0.0122. The molecule has 1 aliphatic carbocycles. The van der Waals surface area contributed by atoms with Crippen molar-refractivity contribution in [3.63, 3.8) is 0 Å². The van der Waals surface area contributed by atoms with Crippen LogP contribution in [0.1, 0.15) is 93.8 Å². The zero-order chi connectivity index (χ0) is 34.0. The molecule has 2 aliphatic heterocycles. The summed E-state index contributed by atoms with van der Waals surface area (Å²) in [4.78, 5) is 40.2. The number of anilines is 2. The zero-order valence-electron chi connectivity index (χ0n) is 28.2. The summed E-state index contributed by atoms with van der Waals surface area (Å²) >= 11 is 1.31. The van der Waals surface area contributed by atoms with Gasteiger partial charge in [0.1, 0.15) is 33.8 Å². The van der Waals surface area contributed by atoms with Gasteiger partial charge >= 0.3 is 12.2 Å². The lowest BCUT2D eigenvalue weighted by Gasteiger charge is -2.42. The predicted octanol–water partition coefficient (Wildman–Crippen LogP) is 7.63. The highest BCUT2D eigenvalue weighted by molar-refractivity contribution is 7.16. The van der Waals surface area contributed by atoms with Crippen LogP contribution in [0.2, 0.25) is 0 Å². The molecule has 5 heterocycles. The smallest absolute Gasteiger partial charge is 0.412 e. The highest BCUT2D eigenvalue weighted by atomic mass is 32.1. The fourth-order valence-electron chi connectivity index (χ4n) is 6.82. The molecule has 47 heavy (non-hydrogen) atoms. The Kier molecular flexibility index (Phi) is 8.19. The molecule has 0 aromatic carbocycles. The largest absolute Gasteiger partial charge is 0.444 e. The number of aryl methyl sites for hydroxylation is 3. The number of hydrogen-bond donors (Lipinski definition) is 1. The fourth-order valence-corrected chi connectivity index (χ4v) is 7.98. The molecule has 1 N–H and O–H groups in total. The van der Waals surface area contributed by atoms with Gasteiger partial charge in [0.25, 0.3) is 0 Å². The summed E-state index contributed by atoms with van der Waals surface area (Å²) in [5.74, 6) is 0.176. The summed E-state index contributed by atoms with van der Waals surface area (Å²) in [6.07, 6.45) is 5.68. The van der Waals surface area contributed by atoms with Crippen molar-refractivity contribution < 1.29 is 23.5 Å². The Bertz CT molecular complexity index is 1850. The van der Waals surface area contributed by atoms with E-state index in [-0.39, 0.29) is 29.4 Å². The van der Waals surface area contributed by atoms with Crippen LogP contribution >= 0.6 is 11.3 Å². The van der Waals surface area contributed by atoms with Gasteiger partial charge in [-0.1, -0.05) is 6.08 Å². The summed E-state index contributed by atoms with van der Waals surface area (Å²) in [5.41, 5.74) is 1.70. The Balaban J connectivity index is 1.36. The predicted molar refractivity (Wildman–Crippen MR) is 180 cm³/mol. The molecule has 2 unspecified atom stereocenters. The van der Waals surface area contributed by atoms with Crippen molar-refractivity contribution in [2.45, 2.75) is 104 Å². The summed E-state index contributed by atoms with van der Waals surface area (Å²) in [7, 11) is 0. The number of fused-ring (bicyclic) bond motifs is 4. The van der Waals surface area contributed by atoms with E-state index in [4.69, 9.17) is 14.5 Å². The third-order valence-corrected chi connectivity index (χ3v) is 9.95. The summed E-state index contributed by atoms with van der Waals surface area (Å²) in [6.45, 7) is 15.8. The molecule has 12 heteroatoms. The van der Waals surface area contributed by atoms with Crippen molar-refractivity contribution in [1.29, 1.82) is 5.26 Å². The SMILES string of the molecule is Cc1nc(N2CC3CCC(C2)N3C(=O)OC(C)(C)C)c2cnc(C3=CCCc4sc(NC(=O)OC(C)(C)C)c(C#N)c43)c(F)c2c1C. The highest BCUT2D eigenvalue weighted by Crippen LogP contribution is 2.45. The first-order valence-electron chi connectivity index (χ1n) is 16.0. The summed E-state index contributed by atoms with van der Waals surface area (Å²) in [5, 5.41) is 14.4. The number of nitrogens with one attached hydrogen (secondary N) is 1. The molecule has 2 amide bonds. The number of hydrogen-bond acceptors (Lipinski definition) is 9. The molecular weight excluding hydrogens is 619 g/mol. The maximum atomic E-state index is 16.9. The van der Waals surface area contributed by atoms with Crippen molar-refractivity contribution >= 4 is 50.7 Å². The van der Waals surface area contributed by atoms with Gasteiger partial charge in [-0.25, -0.2) is 19.0 Å². The number of pyridine rings is 2. The molecule has 2 saturated heterocycles. The minimum absolute atomic E-state index is 0.0311. The number of amides is 2. The molecule has 10 nitrogen and oxygen atoms in total. The Morgan fingerprint density at radius 2 is 1.74 bits per heavy atom. The molecule has 3 aromatic rings. The van der Waals surface area contributed by atoms with E-state index in [2.05, 4.69) is 21.3 Å². The number of ether oxygens (including phenoxy) is 2. The number of carbonyl (C=O) groups is 2. The standard InChI is InChI=1S/C35H41FN6O4S/c1-18-19(2)39-30(41-16-20-12-13-21(17-41)42(20)33(44)46-35(6,7)8)24-15-38-29(28(36)26(18)24)22-10-9-11-25-27(22)23(14-37)31(47-25)40-32(43)45-34(3,4)5/h10,15,20-21H,9,11-13,16-17H2,1-8H3,(H,40,43). The van der Waals surface area contributed by atoms with Gasteiger partial charge in [-0.3, -0.25) is 15.2 Å². The minimum Gasteiger partial charge on any atom is -0.444 e. The van der Waals surface area contributed by atoms with Gasteiger partial charge in [0.15, 0.2) is 5.82 Å². The van der Waals surface area contributed by atoms with Gasteiger partial charge in [0, 0.05) is 51.8 Å². The normalized spacial score (nSPS) is 19.3. The molecule has 3 aliphatic rings. The van der Waals surface area contributed by atoms with Crippen LogP contribution in [0.25, 0.3) is 16.3 Å². The zero-order valence-corrected chi connectivity index (χ0v) is 29.0. The van der Waals surface area contributed by atoms with Crippen molar-refractivity contribution in [2.75, 3.05) is 23.3 Å². The molecular formula is C35H41FN6O4S. The van der Waals surface area contributed by atoms with Crippen molar-refractivity contribution in [3.05, 3.63) is 51.0 Å². The van der Waals surface area contributed by atoms with Gasteiger partial charge in [-0.15, -0.1) is 11.3 Å². The van der Waals surface area contributed by atoms with Crippen LogP contribution in [0.15, 0.2) is 12.3 Å². The molecule has 0 radical (unpaired) electrons. The van der Waals surface area contributed by atoms with E-state index in [9.17, 15) is 14.9 Å². The second-order valence-corrected chi connectivity index (χ2v) is 15.6. The Morgan fingerprint density at radius 3 is 2.36 bits per heavy atom. The van der Waals surface area contributed by atoms with E-state index in [1.807, 2.05) is 45.6 Å². The number of rotatable bonds is 3. The number of allylic oxidation sites excluding steroid dienone is 1. The average molecular weight is 661 g/mol. The van der Waals surface area contributed by atoms with Gasteiger partial charge in [-0.05, 0) is 86.6 Å². The number of thiophene rings is 1. The third kappa shape index (κ3) is 6.13. The van der Waals surface area contributed by atoms with E-state index in [1.165, 1.54) is 11.3 Å². The van der Waals surface area contributed by atoms with Crippen molar-refractivity contribution in [2.24, 2.45) is 0 Å². The Labute approximate surface area is 278 Å². The van der Waals surface area contributed by atoms with Gasteiger partial charge in [-0.2, -0.15) is 5.26 Å². The maximum Gasteiger partial charge on any atom is 0.412 e. The molecule has 0 saturated carbocycles. The van der Waals surface area contributed by atoms with Crippen LogP contribution < -0.4 is 10.2 Å². The molecule has 248 valence electrons. The highest BCUT2D eigenvalue weighted by Gasteiger charge is 2.45. The molecule has 2 atom stereocenters. The van der Waals surface area contributed by atoms with Gasteiger partial charge in [0.2, 0.25) is 0 Å². The van der Waals surface area contributed by atoms with Crippen molar-refractivity contribution in [3.8, 4) is 6.07 Å². The number of nitriles is 1. The summed E-state index contributed by atoms with van der Waals surface area (Å²) < 4.78 is 28.0. The van der Waals surface area contributed by atoms with Gasteiger partial charge < -0.3 is 14.4 Å². The van der Waals surface area contributed by atoms with Crippen LogP contribution in [0.4, 0.5) is 24.8 Å². The van der Waals surface area contributed by atoms with Crippen LogP contribution in [-0.2, 0) is 15.9 Å². The van der Waals surface area contributed by atoms with Crippen LogP contribution in [0.5, 0.6) is 0 Å². The van der Waals surface area contributed by atoms with E-state index >= 15 is 4.39 Å². The van der Waals surface area contributed by atoms with Crippen LogP contribution in [-0.4, -0.2) is 63.4 Å². The number of aromatic nitrogens is 2. The first kappa shape index (κ1) is 32.7. The van der Waals surface area contributed by atoms with Gasteiger partial charge in [0.05, 0.1) is 17.6 Å². The minimum atomic E-state index is -0.702. The summed E-state index contributed by atoms with van der Waals surface area (Å²) in [6, 6.07) is 2.17. The second-order valence-electron chi connectivity index (χ2n) is 14.5. The molecule has 6 rings (SSSR count). The first-order chi connectivity index (χ1) is 22.1. The third-order valence-electron chi connectivity index (χ3n) is 8.79. The average Bonchev–Trinajstić information content (AvgIpc) is 3.45. The molecule has 2 fully saturated rings. The van der Waals surface area contributed by atoms with Crippen molar-refractivity contribution in [1.82, 2.24) is 14.9 Å². The topological polar surface area (TPSA) is 121 Å². The maximum absolute atomic E-state index is 16.9. The number of piperazine rings is 1. The number of carbonyl (C=O) groups excluding carboxylic acids is 2. The van der Waals surface area contributed by atoms with E-state index in [0.717, 1.165) is 23.3 Å². The molecule has 0 spiro atoms. The quantitative estimate of drug-likeness (QED) is 0.305. The van der Waals surface area contributed by atoms with E-state index in [0.29, 0.717) is 64.4 Å². The fraction of sp³-hybridized carbons (Fsp3) is 0.514. The number of nitrogens with zero attached hydrogens (tertiary/aromatic N) is 5.